The lowest BCUT2D eigenvalue weighted by Gasteiger charge is -2.08. The number of nitrogens with zero attached hydrogens (tertiary/aromatic N) is 1. The minimum atomic E-state index is -0.504. The highest BCUT2D eigenvalue weighted by Gasteiger charge is 2.14. The monoisotopic (exact) mass is 332 g/mol. The molecule has 0 bridgehead atoms. The van der Waals surface area contributed by atoms with Crippen LogP contribution in [0.5, 0.6) is 0 Å². The van der Waals surface area contributed by atoms with Gasteiger partial charge >= 0.3 is 0 Å². The van der Waals surface area contributed by atoms with Crippen LogP contribution in [0.1, 0.15) is 10.5 Å². The smallest absolute Gasteiger partial charge is 0.273 e. The number of H-pyrrole nitrogens is 1. The van der Waals surface area contributed by atoms with Crippen LogP contribution in [0.2, 0.25) is 5.02 Å². The number of rotatable bonds is 2. The van der Waals surface area contributed by atoms with Crippen molar-refractivity contribution in [1.29, 1.82) is 0 Å². The van der Waals surface area contributed by atoms with E-state index in [9.17, 15) is 9.18 Å². The number of nitrogens with two attached hydrogens (primary N) is 1. The first-order valence-electron chi connectivity index (χ1n) is 4.74. The Bertz CT molecular complexity index is 593. The zero-order chi connectivity index (χ0) is 13.3. The second-order valence-electron chi connectivity index (χ2n) is 3.41. The van der Waals surface area contributed by atoms with Gasteiger partial charge in [-0.15, -0.1) is 0 Å². The Hall–Kier alpha value is -1.60. The molecule has 5 nitrogen and oxygen atoms in total. The predicted octanol–water partition coefficient (Wildman–Crippen LogP) is 2.80. The van der Waals surface area contributed by atoms with Gasteiger partial charge in [-0.2, -0.15) is 5.10 Å². The van der Waals surface area contributed by atoms with Gasteiger partial charge in [-0.25, -0.2) is 4.39 Å². The van der Waals surface area contributed by atoms with Crippen LogP contribution in [0.25, 0.3) is 0 Å². The molecule has 0 aliphatic rings. The van der Waals surface area contributed by atoms with Gasteiger partial charge in [0, 0.05) is 10.5 Å². The number of nitrogen functional groups attached to an aromatic ring is 1. The van der Waals surface area contributed by atoms with Gasteiger partial charge < -0.3 is 11.1 Å². The maximum Gasteiger partial charge on any atom is 0.273 e. The quantitative estimate of drug-likeness (QED) is 0.790. The molecule has 0 spiro atoms. The summed E-state index contributed by atoms with van der Waals surface area (Å²) in [5.41, 5.74) is 5.84. The van der Waals surface area contributed by atoms with Crippen LogP contribution in [0.4, 0.5) is 15.9 Å². The number of carbonyl (C=O) groups excluding carboxylic acids is 1. The van der Waals surface area contributed by atoms with Crippen LogP contribution < -0.4 is 11.1 Å². The molecule has 1 heterocycles. The van der Waals surface area contributed by atoms with Gasteiger partial charge in [0.15, 0.2) is 0 Å². The van der Waals surface area contributed by atoms with E-state index in [0.29, 0.717) is 4.47 Å². The number of hydrogen-bond donors (Lipinski definition) is 3. The topological polar surface area (TPSA) is 83.8 Å². The summed E-state index contributed by atoms with van der Waals surface area (Å²) >= 11 is 8.95. The van der Waals surface area contributed by atoms with Crippen molar-refractivity contribution in [3.63, 3.8) is 0 Å². The molecule has 2 aromatic rings. The van der Waals surface area contributed by atoms with Crippen molar-refractivity contribution >= 4 is 44.9 Å². The van der Waals surface area contributed by atoms with Gasteiger partial charge in [-0.05, 0) is 28.1 Å². The third-order valence-electron chi connectivity index (χ3n) is 2.09. The Balaban J connectivity index is 2.27. The highest BCUT2D eigenvalue weighted by atomic mass is 79.9. The number of aromatic nitrogens is 2. The highest BCUT2D eigenvalue weighted by molar-refractivity contribution is 9.10. The lowest BCUT2D eigenvalue weighted by Crippen LogP contribution is -2.13. The molecule has 1 aromatic heterocycles. The van der Waals surface area contributed by atoms with Crippen molar-refractivity contribution in [1.82, 2.24) is 10.2 Å². The van der Waals surface area contributed by atoms with E-state index in [2.05, 4.69) is 31.4 Å². The summed E-state index contributed by atoms with van der Waals surface area (Å²) in [4.78, 5) is 11.8. The number of hydrogen-bond acceptors (Lipinski definition) is 3. The molecule has 0 saturated heterocycles. The van der Waals surface area contributed by atoms with Gasteiger partial charge in [-0.1, -0.05) is 11.6 Å². The largest absolute Gasteiger partial charge is 0.382 e. The van der Waals surface area contributed by atoms with Crippen LogP contribution in [0, 0.1) is 5.82 Å². The molecule has 0 aliphatic carbocycles. The Morgan fingerprint density at radius 2 is 2.22 bits per heavy atom. The van der Waals surface area contributed by atoms with Crippen molar-refractivity contribution < 1.29 is 9.18 Å². The number of anilines is 2. The minimum Gasteiger partial charge on any atom is -0.382 e. The van der Waals surface area contributed by atoms with Crippen LogP contribution in [0.3, 0.4) is 0 Å². The fraction of sp³-hybridized carbons (Fsp3) is 0. The molecule has 1 aromatic carbocycles. The normalized spacial score (nSPS) is 10.4. The van der Waals surface area contributed by atoms with Crippen LogP contribution in [-0.2, 0) is 0 Å². The molecule has 0 aliphatic heterocycles. The van der Waals surface area contributed by atoms with Gasteiger partial charge in [0.05, 0.1) is 10.7 Å². The Kier molecular flexibility index (Phi) is 3.53. The molecule has 1 amide bonds. The average molecular weight is 334 g/mol. The van der Waals surface area contributed by atoms with Crippen LogP contribution in [-0.4, -0.2) is 16.1 Å². The molecule has 8 heteroatoms. The van der Waals surface area contributed by atoms with Gasteiger partial charge in [0.25, 0.3) is 5.91 Å². The zero-order valence-electron chi connectivity index (χ0n) is 8.80. The molecule has 2 rings (SSSR count). The lowest BCUT2D eigenvalue weighted by atomic mass is 10.3. The summed E-state index contributed by atoms with van der Waals surface area (Å²) in [5.74, 6) is -0.784. The molecule has 0 saturated carbocycles. The summed E-state index contributed by atoms with van der Waals surface area (Å²) in [7, 11) is 0. The summed E-state index contributed by atoms with van der Waals surface area (Å²) < 4.78 is 13.4. The SMILES string of the molecule is Nc1cc(C(=O)Nc2c(Cl)cc(F)cc2Br)[nH]n1. The number of aromatic amines is 1. The Labute approximate surface area is 115 Å². The molecule has 4 N–H and O–H groups in total. The molecule has 18 heavy (non-hydrogen) atoms. The summed E-state index contributed by atoms with van der Waals surface area (Å²) in [6, 6.07) is 3.67. The fourth-order valence-electron chi connectivity index (χ4n) is 1.30. The lowest BCUT2D eigenvalue weighted by molar-refractivity contribution is 0.102. The number of amides is 1. The van der Waals surface area contributed by atoms with Crippen LogP contribution in [0.15, 0.2) is 22.7 Å². The van der Waals surface area contributed by atoms with E-state index in [1.54, 1.807) is 0 Å². The fourth-order valence-corrected chi connectivity index (χ4v) is 2.19. The van der Waals surface area contributed by atoms with Crippen LogP contribution >= 0.6 is 27.5 Å². The zero-order valence-corrected chi connectivity index (χ0v) is 11.1. The first kappa shape index (κ1) is 12.8. The van der Waals surface area contributed by atoms with Gasteiger partial charge in [0.1, 0.15) is 17.3 Å². The maximum absolute atomic E-state index is 13.0. The number of halogens is 3. The van der Waals surface area contributed by atoms with Gasteiger partial charge in [0.2, 0.25) is 0 Å². The first-order chi connectivity index (χ1) is 8.47. The second-order valence-corrected chi connectivity index (χ2v) is 4.67. The van der Waals surface area contributed by atoms with Crippen molar-refractivity contribution in [3.8, 4) is 0 Å². The molecule has 0 radical (unpaired) electrons. The number of benzene rings is 1. The predicted molar refractivity (Wildman–Crippen MR) is 70.1 cm³/mol. The Morgan fingerprint density at radius 1 is 1.50 bits per heavy atom. The van der Waals surface area contributed by atoms with E-state index in [4.69, 9.17) is 17.3 Å². The maximum atomic E-state index is 13.0. The van der Waals surface area contributed by atoms with Crippen molar-refractivity contribution in [3.05, 3.63) is 39.2 Å². The third kappa shape index (κ3) is 2.62. The molecule has 94 valence electrons. The molecule has 0 unspecified atom stereocenters. The Morgan fingerprint density at radius 3 is 2.78 bits per heavy atom. The molecule has 0 atom stereocenters. The summed E-state index contributed by atoms with van der Waals surface area (Å²) in [6.07, 6.45) is 0. The van der Waals surface area contributed by atoms with E-state index in [0.717, 1.165) is 6.07 Å². The third-order valence-corrected chi connectivity index (χ3v) is 3.01. The molecular weight excluding hydrogens is 326 g/mol. The summed E-state index contributed by atoms with van der Waals surface area (Å²) in [5, 5.41) is 8.69. The average Bonchev–Trinajstić information content (AvgIpc) is 2.70. The first-order valence-corrected chi connectivity index (χ1v) is 5.91. The summed E-state index contributed by atoms with van der Waals surface area (Å²) in [6.45, 7) is 0. The van der Waals surface area contributed by atoms with Crippen molar-refractivity contribution in [2.75, 3.05) is 11.1 Å². The van der Waals surface area contributed by atoms with E-state index in [1.807, 2.05) is 0 Å². The van der Waals surface area contributed by atoms with Gasteiger partial charge in [-0.3, -0.25) is 9.89 Å². The van der Waals surface area contributed by atoms with E-state index in [1.165, 1.54) is 12.1 Å². The van der Waals surface area contributed by atoms with Crippen molar-refractivity contribution in [2.24, 2.45) is 0 Å². The van der Waals surface area contributed by atoms with E-state index >= 15 is 0 Å². The standard InChI is InChI=1S/C10H7BrClFN4O/c11-5-1-4(13)2-6(12)9(5)15-10(18)7-3-8(14)17-16-7/h1-3H,(H,15,18)(H3,14,16,17). The van der Waals surface area contributed by atoms with Crippen molar-refractivity contribution in [2.45, 2.75) is 0 Å². The highest BCUT2D eigenvalue weighted by Crippen LogP contribution is 2.31. The minimum absolute atomic E-state index is 0.0858. The van der Waals surface area contributed by atoms with E-state index < -0.39 is 11.7 Å². The molecule has 0 fully saturated rings. The second kappa shape index (κ2) is 4.95. The number of carbonyl (C=O) groups is 1. The molecular formula is C10H7BrClFN4O. The number of nitrogens with one attached hydrogen (secondary N) is 2. The van der Waals surface area contributed by atoms with E-state index in [-0.39, 0.29) is 22.2 Å².